The number of carboxylic acids is 1. The maximum atomic E-state index is 12.2. The fraction of sp³-hybridized carbons (Fsp3) is 0.333. The van der Waals surface area contributed by atoms with Gasteiger partial charge in [0.15, 0.2) is 0 Å². The van der Waals surface area contributed by atoms with Crippen molar-refractivity contribution < 1.29 is 14.7 Å². The third-order valence-corrected chi connectivity index (χ3v) is 4.03. The van der Waals surface area contributed by atoms with Gasteiger partial charge in [-0.2, -0.15) is 0 Å². The van der Waals surface area contributed by atoms with Crippen molar-refractivity contribution >= 4 is 11.9 Å². The summed E-state index contributed by atoms with van der Waals surface area (Å²) in [5, 5.41) is 12.1. The maximum absolute atomic E-state index is 12.2. The number of amides is 1. The lowest BCUT2D eigenvalue weighted by Gasteiger charge is -2.14. The molecule has 2 N–H and O–H groups in total. The fourth-order valence-corrected chi connectivity index (χ4v) is 2.52. The molecule has 5 heteroatoms. The van der Waals surface area contributed by atoms with Crippen LogP contribution in [-0.2, 0) is 18.3 Å². The zero-order chi connectivity index (χ0) is 17.0. The number of aromatic nitrogens is 1. The molecule has 1 heterocycles. The Morgan fingerprint density at radius 3 is 2.52 bits per heavy atom. The monoisotopic (exact) mass is 314 g/mol. The fourth-order valence-electron chi connectivity index (χ4n) is 2.52. The van der Waals surface area contributed by atoms with Crippen LogP contribution in [0.4, 0.5) is 0 Å². The number of aryl methyl sites for hydroxylation is 2. The summed E-state index contributed by atoms with van der Waals surface area (Å²) in [4.78, 5) is 23.6. The van der Waals surface area contributed by atoms with Gasteiger partial charge in [-0.3, -0.25) is 9.59 Å². The van der Waals surface area contributed by atoms with Gasteiger partial charge >= 0.3 is 5.97 Å². The molecule has 1 amide bonds. The van der Waals surface area contributed by atoms with Gasteiger partial charge in [0, 0.05) is 19.3 Å². The number of carbonyl (C=O) groups excluding carboxylic acids is 1. The van der Waals surface area contributed by atoms with Gasteiger partial charge in [-0.1, -0.05) is 29.8 Å². The average Bonchev–Trinajstić information content (AvgIpc) is 2.83. The van der Waals surface area contributed by atoms with E-state index in [1.165, 1.54) is 0 Å². The van der Waals surface area contributed by atoms with Crippen molar-refractivity contribution in [1.82, 2.24) is 9.88 Å². The van der Waals surface area contributed by atoms with Crippen molar-refractivity contribution in [2.24, 2.45) is 13.0 Å². The van der Waals surface area contributed by atoms with Gasteiger partial charge in [0.05, 0.1) is 5.92 Å². The average molecular weight is 314 g/mol. The second kappa shape index (κ2) is 7.13. The smallest absolute Gasteiger partial charge is 0.308 e. The molecule has 1 aromatic carbocycles. The number of rotatable bonds is 6. The van der Waals surface area contributed by atoms with Gasteiger partial charge in [-0.15, -0.1) is 0 Å². The molecule has 122 valence electrons. The van der Waals surface area contributed by atoms with E-state index >= 15 is 0 Å². The molecule has 0 aliphatic heterocycles. The Morgan fingerprint density at radius 1 is 1.22 bits per heavy atom. The van der Waals surface area contributed by atoms with Gasteiger partial charge in [0.25, 0.3) is 5.91 Å². The molecule has 5 nitrogen and oxygen atoms in total. The van der Waals surface area contributed by atoms with E-state index in [1.54, 1.807) is 10.6 Å². The minimum absolute atomic E-state index is 0.104. The Morgan fingerprint density at radius 2 is 1.96 bits per heavy atom. The molecule has 0 saturated heterocycles. The standard InChI is InChI=1S/C18H22N2O3/c1-12-5-4-6-14(9-12)10-15(18(22)23)11-19-17(21)16-8-7-13(2)20(16)3/h4-9,15H,10-11H2,1-3H3,(H,19,21)(H,22,23). The van der Waals surface area contributed by atoms with Crippen LogP contribution in [0, 0.1) is 19.8 Å². The van der Waals surface area contributed by atoms with Crippen LogP contribution in [0.15, 0.2) is 36.4 Å². The summed E-state index contributed by atoms with van der Waals surface area (Å²) < 4.78 is 1.78. The lowest BCUT2D eigenvalue weighted by molar-refractivity contribution is -0.141. The van der Waals surface area contributed by atoms with Crippen LogP contribution in [0.1, 0.15) is 27.3 Å². The molecule has 0 aliphatic carbocycles. The summed E-state index contributed by atoms with van der Waals surface area (Å²) in [7, 11) is 1.81. The van der Waals surface area contributed by atoms with Crippen molar-refractivity contribution in [3.05, 3.63) is 58.9 Å². The second-order valence-electron chi connectivity index (χ2n) is 5.86. The largest absolute Gasteiger partial charge is 0.481 e. The molecule has 23 heavy (non-hydrogen) atoms. The van der Waals surface area contributed by atoms with Crippen LogP contribution in [0.3, 0.4) is 0 Å². The molecule has 0 spiro atoms. The number of carboxylic acid groups (broad SMARTS) is 1. The molecule has 0 radical (unpaired) electrons. The van der Waals surface area contributed by atoms with Crippen molar-refractivity contribution in [1.29, 1.82) is 0 Å². The first-order valence-corrected chi connectivity index (χ1v) is 7.57. The van der Waals surface area contributed by atoms with Crippen LogP contribution >= 0.6 is 0 Å². The number of nitrogens with one attached hydrogen (secondary N) is 1. The first kappa shape index (κ1) is 16.8. The number of carbonyl (C=O) groups is 2. The number of hydrogen-bond acceptors (Lipinski definition) is 2. The Balaban J connectivity index is 2.01. The van der Waals surface area contributed by atoms with Crippen molar-refractivity contribution in [3.8, 4) is 0 Å². The number of hydrogen-bond donors (Lipinski definition) is 2. The zero-order valence-electron chi connectivity index (χ0n) is 13.7. The van der Waals surface area contributed by atoms with E-state index in [4.69, 9.17) is 0 Å². The first-order valence-electron chi connectivity index (χ1n) is 7.57. The van der Waals surface area contributed by atoms with E-state index in [-0.39, 0.29) is 12.5 Å². The van der Waals surface area contributed by atoms with Crippen LogP contribution in [0.25, 0.3) is 0 Å². The molecule has 0 bridgehead atoms. The van der Waals surface area contributed by atoms with Crippen LogP contribution < -0.4 is 5.32 Å². The highest BCUT2D eigenvalue weighted by molar-refractivity contribution is 5.93. The van der Waals surface area contributed by atoms with E-state index in [2.05, 4.69) is 5.32 Å². The number of aliphatic carboxylic acids is 1. The third-order valence-electron chi connectivity index (χ3n) is 4.03. The van der Waals surface area contributed by atoms with E-state index in [0.717, 1.165) is 16.8 Å². The molecule has 1 atom stereocenters. The zero-order valence-corrected chi connectivity index (χ0v) is 13.7. The summed E-state index contributed by atoms with van der Waals surface area (Å²) in [6.07, 6.45) is 0.392. The Kier molecular flexibility index (Phi) is 5.21. The van der Waals surface area contributed by atoms with E-state index < -0.39 is 11.9 Å². The predicted molar refractivity (Wildman–Crippen MR) is 88.5 cm³/mol. The van der Waals surface area contributed by atoms with Gasteiger partial charge < -0.3 is 15.0 Å². The van der Waals surface area contributed by atoms with Crippen molar-refractivity contribution in [2.45, 2.75) is 20.3 Å². The second-order valence-corrected chi connectivity index (χ2v) is 5.86. The summed E-state index contributed by atoms with van der Waals surface area (Å²) in [6, 6.07) is 11.4. The van der Waals surface area contributed by atoms with E-state index in [9.17, 15) is 14.7 Å². The molecule has 0 aliphatic rings. The molecule has 0 saturated carbocycles. The predicted octanol–water partition coefficient (Wildman–Crippen LogP) is 2.32. The molecule has 1 unspecified atom stereocenters. The lowest BCUT2D eigenvalue weighted by Crippen LogP contribution is -2.34. The number of nitrogens with zero attached hydrogens (tertiary/aromatic N) is 1. The Hall–Kier alpha value is -2.56. The van der Waals surface area contributed by atoms with E-state index in [1.807, 2.05) is 51.2 Å². The molecular formula is C18H22N2O3. The highest BCUT2D eigenvalue weighted by atomic mass is 16.4. The van der Waals surface area contributed by atoms with Crippen LogP contribution in [0.2, 0.25) is 0 Å². The quantitative estimate of drug-likeness (QED) is 0.859. The molecule has 1 aromatic heterocycles. The lowest BCUT2D eigenvalue weighted by atomic mass is 9.98. The minimum Gasteiger partial charge on any atom is -0.481 e. The molecule has 0 fully saturated rings. The molecule has 2 aromatic rings. The van der Waals surface area contributed by atoms with Crippen LogP contribution in [0.5, 0.6) is 0 Å². The van der Waals surface area contributed by atoms with Crippen molar-refractivity contribution in [2.75, 3.05) is 6.54 Å². The third kappa shape index (κ3) is 4.22. The SMILES string of the molecule is Cc1cccc(CC(CNC(=O)c2ccc(C)n2C)C(=O)O)c1. The Bertz CT molecular complexity index is 719. The molecule has 2 rings (SSSR count). The van der Waals surface area contributed by atoms with E-state index in [0.29, 0.717) is 12.1 Å². The minimum atomic E-state index is -0.908. The highest BCUT2D eigenvalue weighted by Crippen LogP contribution is 2.12. The summed E-state index contributed by atoms with van der Waals surface area (Å²) in [6.45, 7) is 3.99. The summed E-state index contributed by atoms with van der Waals surface area (Å²) in [5.74, 6) is -1.81. The highest BCUT2D eigenvalue weighted by Gasteiger charge is 2.20. The normalized spacial score (nSPS) is 12.0. The number of benzene rings is 1. The summed E-state index contributed by atoms with van der Waals surface area (Å²) >= 11 is 0. The Labute approximate surface area is 135 Å². The van der Waals surface area contributed by atoms with Gasteiger partial charge in [-0.25, -0.2) is 0 Å². The van der Waals surface area contributed by atoms with Crippen molar-refractivity contribution in [3.63, 3.8) is 0 Å². The topological polar surface area (TPSA) is 71.3 Å². The molecular weight excluding hydrogens is 292 g/mol. The first-order chi connectivity index (χ1) is 10.9. The summed E-state index contributed by atoms with van der Waals surface area (Å²) in [5.41, 5.74) is 3.56. The van der Waals surface area contributed by atoms with Crippen LogP contribution in [-0.4, -0.2) is 28.1 Å². The maximum Gasteiger partial charge on any atom is 0.308 e. The van der Waals surface area contributed by atoms with Gasteiger partial charge in [0.2, 0.25) is 0 Å². The van der Waals surface area contributed by atoms with Gasteiger partial charge in [-0.05, 0) is 38.0 Å². The van der Waals surface area contributed by atoms with Gasteiger partial charge in [0.1, 0.15) is 5.69 Å².